The lowest BCUT2D eigenvalue weighted by molar-refractivity contribution is -0.151. The van der Waals surface area contributed by atoms with Crippen molar-refractivity contribution < 1.29 is 28.8 Å². The Morgan fingerprint density at radius 3 is 2.22 bits per heavy atom. The molecule has 6 nitrogen and oxygen atoms in total. The van der Waals surface area contributed by atoms with Crippen LogP contribution in [0.2, 0.25) is 0 Å². The van der Waals surface area contributed by atoms with Crippen LogP contribution < -0.4 is 18.9 Å². The molecule has 1 aliphatic heterocycles. The minimum atomic E-state index is -1.94. The van der Waals surface area contributed by atoms with E-state index in [4.69, 9.17) is 18.9 Å². The number of fused-ring (bicyclic) bond motifs is 3. The first-order valence-electron chi connectivity index (χ1n) is 10.4. The summed E-state index contributed by atoms with van der Waals surface area (Å²) in [4.78, 5) is 13.6. The number of hydrogen-bond acceptors (Lipinski definition) is 6. The molecule has 1 saturated carbocycles. The van der Waals surface area contributed by atoms with Gasteiger partial charge in [-0.15, -0.1) is 0 Å². The van der Waals surface area contributed by atoms with E-state index >= 15 is 0 Å². The van der Waals surface area contributed by atoms with Crippen LogP contribution in [0, 0.1) is 0 Å². The second kappa shape index (κ2) is 7.28. The van der Waals surface area contributed by atoms with Crippen LogP contribution in [0.1, 0.15) is 29.0 Å². The number of aliphatic hydroxyl groups is 1. The van der Waals surface area contributed by atoms with E-state index in [1.807, 2.05) is 42.5 Å². The number of rotatable bonds is 5. The molecule has 1 fully saturated rings. The standard InChI is InChI=1S/C26H24O6/c1-29-18-11-9-17(10-12-18)26-20(16-7-5-4-6-8-16)15-23(27)25(26,28)24-21(31-3)13-19(30-2)14-22(24)32-26/h4-14,20,28H,15H2,1-3H3/t20-,25?,26?/m0/s1. The number of carbonyl (C=O) groups excluding carboxylic acids is 1. The first kappa shape index (κ1) is 20.4. The first-order chi connectivity index (χ1) is 15.5. The molecule has 3 atom stereocenters. The molecule has 0 aromatic heterocycles. The highest BCUT2D eigenvalue weighted by molar-refractivity contribution is 5.97. The van der Waals surface area contributed by atoms with Crippen molar-refractivity contribution in [3.63, 3.8) is 0 Å². The van der Waals surface area contributed by atoms with E-state index in [1.54, 1.807) is 38.5 Å². The number of methoxy groups -OCH3 is 3. The average Bonchev–Trinajstić information content (AvgIpc) is 3.24. The topological polar surface area (TPSA) is 74.2 Å². The normalized spacial score (nSPS) is 25.6. The predicted octanol–water partition coefficient (Wildman–Crippen LogP) is 3.94. The molecule has 0 spiro atoms. The van der Waals surface area contributed by atoms with Crippen LogP contribution in [0.3, 0.4) is 0 Å². The van der Waals surface area contributed by atoms with Crippen molar-refractivity contribution in [1.82, 2.24) is 0 Å². The summed E-state index contributed by atoms with van der Waals surface area (Å²) < 4.78 is 22.9. The van der Waals surface area contributed by atoms with Crippen molar-refractivity contribution in [3.8, 4) is 23.0 Å². The number of benzene rings is 3. The summed E-state index contributed by atoms with van der Waals surface area (Å²) in [7, 11) is 4.64. The van der Waals surface area contributed by atoms with Crippen molar-refractivity contribution in [2.75, 3.05) is 21.3 Å². The molecular formula is C26H24O6. The maximum Gasteiger partial charge on any atom is 0.200 e. The quantitative estimate of drug-likeness (QED) is 0.658. The number of hydrogen-bond donors (Lipinski definition) is 1. The molecule has 1 N–H and O–H groups in total. The smallest absolute Gasteiger partial charge is 0.200 e. The largest absolute Gasteiger partial charge is 0.497 e. The van der Waals surface area contributed by atoms with E-state index in [-0.39, 0.29) is 12.2 Å². The van der Waals surface area contributed by atoms with Gasteiger partial charge in [0.2, 0.25) is 0 Å². The summed E-state index contributed by atoms with van der Waals surface area (Å²) in [6.45, 7) is 0. The van der Waals surface area contributed by atoms with Gasteiger partial charge in [-0.05, 0) is 17.7 Å². The Hall–Kier alpha value is -3.51. The molecule has 0 amide bonds. The molecule has 0 saturated heterocycles. The Morgan fingerprint density at radius 2 is 1.59 bits per heavy atom. The number of Topliss-reactive ketones (excluding diaryl/α,β-unsaturated/α-hetero) is 1. The Morgan fingerprint density at radius 1 is 0.906 bits per heavy atom. The lowest BCUT2D eigenvalue weighted by Crippen LogP contribution is -2.50. The molecule has 2 aliphatic rings. The van der Waals surface area contributed by atoms with Gasteiger partial charge in [0.25, 0.3) is 0 Å². The van der Waals surface area contributed by atoms with E-state index in [2.05, 4.69) is 0 Å². The van der Waals surface area contributed by atoms with Crippen LogP contribution in [-0.4, -0.2) is 32.2 Å². The van der Waals surface area contributed by atoms with Crippen LogP contribution in [0.25, 0.3) is 0 Å². The lowest BCUT2D eigenvalue weighted by atomic mass is 9.71. The summed E-state index contributed by atoms with van der Waals surface area (Å²) in [5.74, 6) is 1.16. The Labute approximate surface area is 186 Å². The number of ketones is 1. The molecule has 2 unspecified atom stereocenters. The van der Waals surface area contributed by atoms with Gasteiger partial charge in [0.05, 0.1) is 26.9 Å². The Bertz CT molecular complexity index is 1170. The van der Waals surface area contributed by atoms with Crippen LogP contribution in [0.5, 0.6) is 23.0 Å². The molecule has 3 aromatic carbocycles. The highest BCUT2D eigenvalue weighted by Crippen LogP contribution is 2.67. The molecule has 3 aromatic rings. The number of ether oxygens (including phenoxy) is 4. The Balaban J connectivity index is 1.81. The molecule has 32 heavy (non-hydrogen) atoms. The second-order valence-electron chi connectivity index (χ2n) is 8.07. The summed E-state index contributed by atoms with van der Waals surface area (Å²) >= 11 is 0. The van der Waals surface area contributed by atoms with Gasteiger partial charge in [-0.25, -0.2) is 0 Å². The molecule has 0 bridgehead atoms. The molecule has 1 aliphatic carbocycles. The van der Waals surface area contributed by atoms with Gasteiger partial charge in [-0.1, -0.05) is 42.5 Å². The predicted molar refractivity (Wildman–Crippen MR) is 118 cm³/mol. The van der Waals surface area contributed by atoms with E-state index in [1.165, 1.54) is 7.11 Å². The van der Waals surface area contributed by atoms with Crippen molar-refractivity contribution in [3.05, 3.63) is 83.4 Å². The molecule has 164 valence electrons. The van der Waals surface area contributed by atoms with Crippen LogP contribution in [0.4, 0.5) is 0 Å². The summed E-state index contributed by atoms with van der Waals surface area (Å²) in [6, 6.07) is 20.3. The SMILES string of the molecule is COc1ccc(C23Oc4cc(OC)cc(OC)c4C2(O)C(=O)C[C@H]3c2ccccc2)cc1. The molecule has 5 rings (SSSR count). The highest BCUT2D eigenvalue weighted by Gasteiger charge is 2.74. The maximum absolute atomic E-state index is 13.6. The fraction of sp³-hybridized carbons (Fsp3) is 0.269. The van der Waals surface area contributed by atoms with Crippen LogP contribution in [0.15, 0.2) is 66.7 Å². The zero-order valence-electron chi connectivity index (χ0n) is 18.1. The highest BCUT2D eigenvalue weighted by atomic mass is 16.5. The van der Waals surface area contributed by atoms with Crippen molar-refractivity contribution in [2.24, 2.45) is 0 Å². The van der Waals surface area contributed by atoms with Crippen molar-refractivity contribution in [2.45, 2.75) is 23.5 Å². The second-order valence-corrected chi connectivity index (χ2v) is 8.07. The monoisotopic (exact) mass is 432 g/mol. The summed E-state index contributed by atoms with van der Waals surface area (Å²) in [5.41, 5.74) is -1.39. The molecule has 6 heteroatoms. The fourth-order valence-electron chi connectivity index (χ4n) is 5.21. The van der Waals surface area contributed by atoms with Gasteiger partial charge < -0.3 is 24.1 Å². The minimum Gasteiger partial charge on any atom is -0.497 e. The lowest BCUT2D eigenvalue weighted by Gasteiger charge is -2.39. The van der Waals surface area contributed by atoms with Crippen molar-refractivity contribution in [1.29, 1.82) is 0 Å². The summed E-state index contributed by atoms with van der Waals surface area (Å²) in [5, 5.41) is 12.3. The average molecular weight is 432 g/mol. The van der Waals surface area contributed by atoms with E-state index in [9.17, 15) is 9.90 Å². The van der Waals surface area contributed by atoms with Gasteiger partial charge in [-0.3, -0.25) is 4.79 Å². The Kier molecular flexibility index (Phi) is 4.64. The third-order valence-electron chi connectivity index (χ3n) is 6.67. The van der Waals surface area contributed by atoms with E-state index < -0.39 is 17.1 Å². The molecule has 1 heterocycles. The third-order valence-corrected chi connectivity index (χ3v) is 6.67. The van der Waals surface area contributed by atoms with Gasteiger partial charge in [0, 0.05) is 30.0 Å². The van der Waals surface area contributed by atoms with Gasteiger partial charge >= 0.3 is 0 Å². The zero-order chi connectivity index (χ0) is 22.5. The van der Waals surface area contributed by atoms with Gasteiger partial charge in [0.1, 0.15) is 23.0 Å². The number of carbonyl (C=O) groups is 1. The van der Waals surface area contributed by atoms with Gasteiger partial charge in [0.15, 0.2) is 17.0 Å². The molecule has 0 radical (unpaired) electrons. The van der Waals surface area contributed by atoms with E-state index in [0.29, 0.717) is 34.1 Å². The van der Waals surface area contributed by atoms with Crippen LogP contribution >= 0.6 is 0 Å². The molecular weight excluding hydrogens is 408 g/mol. The van der Waals surface area contributed by atoms with Crippen LogP contribution in [-0.2, 0) is 16.0 Å². The van der Waals surface area contributed by atoms with E-state index in [0.717, 1.165) is 5.56 Å². The summed E-state index contributed by atoms with van der Waals surface area (Å²) in [6.07, 6.45) is 0.126. The minimum absolute atomic E-state index is 0.126. The zero-order valence-corrected chi connectivity index (χ0v) is 18.1. The maximum atomic E-state index is 13.6. The third kappa shape index (κ3) is 2.53. The van der Waals surface area contributed by atoms with Gasteiger partial charge in [-0.2, -0.15) is 0 Å². The first-order valence-corrected chi connectivity index (χ1v) is 10.4. The van der Waals surface area contributed by atoms with Crippen molar-refractivity contribution >= 4 is 5.78 Å². The fourth-order valence-corrected chi connectivity index (χ4v) is 5.21.